The van der Waals surface area contributed by atoms with Gasteiger partial charge in [0.25, 0.3) is 5.91 Å². The van der Waals surface area contributed by atoms with Gasteiger partial charge in [-0.3, -0.25) is 4.79 Å². The molecular formula is C24H32N2O2. The Morgan fingerprint density at radius 2 is 1.68 bits per heavy atom. The number of rotatable bonds is 9. The minimum Gasteiger partial charge on any atom is -0.484 e. The lowest BCUT2D eigenvalue weighted by Gasteiger charge is -2.19. The molecular weight excluding hydrogens is 348 g/mol. The maximum atomic E-state index is 12.2. The van der Waals surface area contributed by atoms with Crippen LogP contribution < -0.4 is 10.2 Å². The summed E-state index contributed by atoms with van der Waals surface area (Å²) in [6.45, 7) is 8.61. The first-order valence-corrected chi connectivity index (χ1v) is 10.0. The lowest BCUT2D eigenvalue weighted by molar-refractivity contribution is -0.123. The van der Waals surface area contributed by atoms with E-state index in [-0.39, 0.29) is 17.9 Å². The van der Waals surface area contributed by atoms with Gasteiger partial charge < -0.3 is 4.74 Å². The van der Waals surface area contributed by atoms with E-state index in [4.69, 9.17) is 4.74 Å². The molecule has 1 N–H and O–H groups in total. The predicted octanol–water partition coefficient (Wildman–Crippen LogP) is 5.46. The van der Waals surface area contributed by atoms with Gasteiger partial charge >= 0.3 is 0 Å². The molecule has 0 spiro atoms. The summed E-state index contributed by atoms with van der Waals surface area (Å²) in [6.07, 6.45) is 4.19. The molecule has 150 valence electrons. The highest BCUT2D eigenvalue weighted by Crippen LogP contribution is 2.24. The van der Waals surface area contributed by atoms with E-state index < -0.39 is 0 Å². The van der Waals surface area contributed by atoms with Crippen LogP contribution >= 0.6 is 0 Å². The molecule has 0 aliphatic rings. The molecule has 0 atom stereocenters. The number of nitrogens with zero attached hydrogens (tertiary/aromatic N) is 1. The summed E-state index contributed by atoms with van der Waals surface area (Å²) in [7, 11) is 0. The first kappa shape index (κ1) is 21.7. The van der Waals surface area contributed by atoms with Crippen molar-refractivity contribution in [3.05, 3.63) is 65.7 Å². The average molecular weight is 381 g/mol. The topological polar surface area (TPSA) is 50.7 Å². The zero-order valence-electron chi connectivity index (χ0n) is 17.5. The number of benzene rings is 2. The van der Waals surface area contributed by atoms with E-state index >= 15 is 0 Å². The summed E-state index contributed by atoms with van der Waals surface area (Å²) < 4.78 is 5.59. The Labute approximate surface area is 169 Å². The molecule has 4 heteroatoms. The highest BCUT2D eigenvalue weighted by atomic mass is 16.5. The largest absolute Gasteiger partial charge is 0.484 e. The van der Waals surface area contributed by atoms with Gasteiger partial charge in [-0.05, 0) is 41.5 Å². The van der Waals surface area contributed by atoms with Crippen molar-refractivity contribution in [3.63, 3.8) is 0 Å². The van der Waals surface area contributed by atoms with Gasteiger partial charge in [-0.25, -0.2) is 5.43 Å². The van der Waals surface area contributed by atoms with Crippen molar-refractivity contribution in [2.45, 2.75) is 58.8 Å². The Morgan fingerprint density at radius 1 is 1.00 bits per heavy atom. The Hall–Kier alpha value is -2.62. The number of carbonyl (C=O) groups is 1. The first-order chi connectivity index (χ1) is 13.4. The molecule has 0 aliphatic heterocycles. The van der Waals surface area contributed by atoms with Crippen molar-refractivity contribution in [2.75, 3.05) is 6.61 Å². The van der Waals surface area contributed by atoms with Crippen molar-refractivity contribution < 1.29 is 9.53 Å². The van der Waals surface area contributed by atoms with Gasteiger partial charge in [0.1, 0.15) is 5.75 Å². The second-order valence-electron chi connectivity index (χ2n) is 7.98. The molecule has 0 saturated heterocycles. The fraction of sp³-hybridized carbons (Fsp3) is 0.417. The standard InChI is InChI=1S/C24H32N2O2/c1-5-6-8-13-22(19-11-9-7-10-12-19)25-26-23(27)18-28-21-16-14-20(15-17-21)24(2,3)4/h7,9-12,14-17H,5-6,8,13,18H2,1-4H3,(H,26,27). The van der Waals surface area contributed by atoms with Crippen molar-refractivity contribution in [1.82, 2.24) is 5.43 Å². The monoisotopic (exact) mass is 380 g/mol. The van der Waals surface area contributed by atoms with Gasteiger partial charge in [0.2, 0.25) is 0 Å². The van der Waals surface area contributed by atoms with Gasteiger partial charge in [0.15, 0.2) is 6.61 Å². The molecule has 0 saturated carbocycles. The lowest BCUT2D eigenvalue weighted by atomic mass is 9.87. The van der Waals surface area contributed by atoms with E-state index in [0.29, 0.717) is 5.75 Å². The fourth-order valence-corrected chi connectivity index (χ4v) is 2.80. The van der Waals surface area contributed by atoms with E-state index in [1.54, 1.807) is 0 Å². The molecule has 1 amide bonds. The number of unbranched alkanes of at least 4 members (excludes halogenated alkanes) is 2. The third-order valence-electron chi connectivity index (χ3n) is 4.53. The quantitative estimate of drug-likeness (QED) is 0.356. The number of hydrazone groups is 1. The molecule has 0 heterocycles. The molecule has 0 fully saturated rings. The van der Waals surface area contributed by atoms with Crippen LogP contribution in [0.1, 0.15) is 64.5 Å². The van der Waals surface area contributed by atoms with E-state index in [0.717, 1.165) is 37.0 Å². The van der Waals surface area contributed by atoms with Gasteiger partial charge in [-0.2, -0.15) is 5.10 Å². The van der Waals surface area contributed by atoms with Crippen LogP contribution in [-0.2, 0) is 10.2 Å². The second kappa shape index (κ2) is 10.6. The smallest absolute Gasteiger partial charge is 0.277 e. The van der Waals surface area contributed by atoms with Crippen LogP contribution in [-0.4, -0.2) is 18.2 Å². The maximum Gasteiger partial charge on any atom is 0.277 e. The molecule has 0 aromatic heterocycles. The van der Waals surface area contributed by atoms with E-state index in [9.17, 15) is 4.79 Å². The zero-order valence-corrected chi connectivity index (χ0v) is 17.5. The number of hydrogen-bond donors (Lipinski definition) is 1. The Balaban J connectivity index is 1.92. The van der Waals surface area contributed by atoms with E-state index in [1.807, 2.05) is 54.6 Å². The SMILES string of the molecule is CCCCCC(=NNC(=O)COc1ccc(C(C)(C)C)cc1)c1ccccc1. The van der Waals surface area contributed by atoms with Crippen molar-refractivity contribution in [3.8, 4) is 5.75 Å². The Kier molecular flexibility index (Phi) is 8.24. The van der Waals surface area contributed by atoms with Gasteiger partial charge in [-0.1, -0.05) is 83.0 Å². The number of carbonyl (C=O) groups excluding carboxylic acids is 1. The van der Waals surface area contributed by atoms with Crippen LogP contribution in [0.2, 0.25) is 0 Å². The van der Waals surface area contributed by atoms with Crippen molar-refractivity contribution in [1.29, 1.82) is 0 Å². The molecule has 0 unspecified atom stereocenters. The minimum absolute atomic E-state index is 0.0601. The van der Waals surface area contributed by atoms with Crippen LogP contribution in [0.4, 0.5) is 0 Å². The summed E-state index contributed by atoms with van der Waals surface area (Å²) in [5.74, 6) is 0.419. The van der Waals surface area contributed by atoms with Gasteiger partial charge in [0, 0.05) is 0 Å². The summed E-state index contributed by atoms with van der Waals surface area (Å²) in [6, 6.07) is 17.8. The molecule has 0 radical (unpaired) electrons. The molecule has 0 aliphatic carbocycles. The van der Waals surface area contributed by atoms with Crippen LogP contribution in [0.25, 0.3) is 0 Å². The highest BCUT2D eigenvalue weighted by molar-refractivity contribution is 6.01. The summed E-state index contributed by atoms with van der Waals surface area (Å²) >= 11 is 0. The van der Waals surface area contributed by atoms with E-state index in [1.165, 1.54) is 5.56 Å². The third-order valence-corrected chi connectivity index (χ3v) is 4.53. The van der Waals surface area contributed by atoms with Crippen LogP contribution in [0.15, 0.2) is 59.7 Å². The fourth-order valence-electron chi connectivity index (χ4n) is 2.80. The molecule has 2 rings (SSSR count). The van der Waals surface area contributed by atoms with E-state index in [2.05, 4.69) is 38.2 Å². The van der Waals surface area contributed by atoms with Gasteiger partial charge in [0.05, 0.1) is 5.71 Å². The summed E-state index contributed by atoms with van der Waals surface area (Å²) in [4.78, 5) is 12.2. The predicted molar refractivity (Wildman–Crippen MR) is 116 cm³/mol. The Morgan fingerprint density at radius 3 is 2.29 bits per heavy atom. The van der Waals surface area contributed by atoms with Gasteiger partial charge in [-0.15, -0.1) is 0 Å². The van der Waals surface area contributed by atoms with Crippen LogP contribution in [0.5, 0.6) is 5.75 Å². The third kappa shape index (κ3) is 7.18. The van der Waals surface area contributed by atoms with Crippen molar-refractivity contribution in [2.24, 2.45) is 5.10 Å². The average Bonchev–Trinajstić information content (AvgIpc) is 2.69. The molecule has 2 aromatic rings. The lowest BCUT2D eigenvalue weighted by Crippen LogP contribution is -2.26. The highest BCUT2D eigenvalue weighted by Gasteiger charge is 2.13. The number of ether oxygens (including phenoxy) is 1. The van der Waals surface area contributed by atoms with Crippen molar-refractivity contribution >= 4 is 11.6 Å². The minimum atomic E-state index is -0.260. The maximum absolute atomic E-state index is 12.2. The Bertz CT molecular complexity index is 759. The van der Waals surface area contributed by atoms with Crippen LogP contribution in [0.3, 0.4) is 0 Å². The van der Waals surface area contributed by atoms with Crippen LogP contribution in [0, 0.1) is 0 Å². The number of nitrogens with one attached hydrogen (secondary N) is 1. The first-order valence-electron chi connectivity index (χ1n) is 10.0. The molecule has 2 aromatic carbocycles. The second-order valence-corrected chi connectivity index (χ2v) is 7.98. The summed E-state index contributed by atoms with van der Waals surface area (Å²) in [5, 5.41) is 4.36. The molecule has 28 heavy (non-hydrogen) atoms. The number of amides is 1. The normalized spacial score (nSPS) is 11.9. The molecule has 0 bridgehead atoms. The molecule has 4 nitrogen and oxygen atoms in total. The number of hydrogen-bond acceptors (Lipinski definition) is 3. The summed E-state index contributed by atoms with van der Waals surface area (Å²) in [5.41, 5.74) is 5.90. The zero-order chi connectivity index (χ0) is 20.4.